The highest BCUT2D eigenvalue weighted by molar-refractivity contribution is 6.30. The van der Waals surface area contributed by atoms with Crippen LogP contribution in [0.4, 0.5) is 0 Å². The summed E-state index contributed by atoms with van der Waals surface area (Å²) in [5.74, 6) is 1.30. The van der Waals surface area contributed by atoms with Crippen LogP contribution in [-0.4, -0.2) is 26.7 Å². The second-order valence-electron chi connectivity index (χ2n) is 5.08. The lowest BCUT2D eigenvalue weighted by Crippen LogP contribution is -2.27. The largest absolute Gasteiger partial charge is 0.497 e. The Bertz CT molecular complexity index is 673. The molecule has 2 aromatic carbocycles. The minimum absolute atomic E-state index is 0.0458. The van der Waals surface area contributed by atoms with E-state index >= 15 is 0 Å². The van der Waals surface area contributed by atoms with E-state index in [9.17, 15) is 4.79 Å². The van der Waals surface area contributed by atoms with Crippen molar-refractivity contribution in [2.45, 2.75) is 12.8 Å². The predicted molar refractivity (Wildman–Crippen MR) is 91.4 cm³/mol. The van der Waals surface area contributed by atoms with Gasteiger partial charge in [-0.25, -0.2) is 0 Å². The fourth-order valence-corrected chi connectivity index (χ4v) is 2.48. The van der Waals surface area contributed by atoms with E-state index in [1.54, 1.807) is 20.3 Å². The number of amides is 1. The molecule has 0 bridgehead atoms. The van der Waals surface area contributed by atoms with Crippen molar-refractivity contribution in [2.24, 2.45) is 0 Å². The smallest absolute Gasteiger partial charge is 0.224 e. The third-order valence-corrected chi connectivity index (χ3v) is 3.71. The molecule has 23 heavy (non-hydrogen) atoms. The minimum Gasteiger partial charge on any atom is -0.497 e. The minimum atomic E-state index is -0.0458. The Balaban J connectivity index is 1.87. The van der Waals surface area contributed by atoms with E-state index in [2.05, 4.69) is 5.32 Å². The first-order valence-corrected chi connectivity index (χ1v) is 7.72. The van der Waals surface area contributed by atoms with E-state index in [-0.39, 0.29) is 12.3 Å². The number of hydrogen-bond acceptors (Lipinski definition) is 3. The molecule has 0 heterocycles. The summed E-state index contributed by atoms with van der Waals surface area (Å²) in [5.41, 5.74) is 1.92. The highest BCUT2D eigenvalue weighted by Gasteiger charge is 2.09. The second kappa shape index (κ2) is 8.44. The fraction of sp³-hybridized carbons (Fsp3) is 0.278. The van der Waals surface area contributed by atoms with Crippen LogP contribution >= 0.6 is 11.6 Å². The molecule has 2 rings (SSSR count). The Labute approximate surface area is 141 Å². The molecule has 2 aromatic rings. The van der Waals surface area contributed by atoms with Crippen LogP contribution in [0.2, 0.25) is 5.02 Å². The van der Waals surface area contributed by atoms with Gasteiger partial charge in [-0.2, -0.15) is 0 Å². The van der Waals surface area contributed by atoms with Gasteiger partial charge in [-0.15, -0.1) is 0 Å². The summed E-state index contributed by atoms with van der Waals surface area (Å²) in [6.07, 6.45) is 1.01. The van der Waals surface area contributed by atoms with Crippen molar-refractivity contribution >= 4 is 17.5 Å². The van der Waals surface area contributed by atoms with E-state index < -0.39 is 0 Å². The Kier molecular flexibility index (Phi) is 6.29. The topological polar surface area (TPSA) is 47.6 Å². The Morgan fingerprint density at radius 2 is 1.96 bits per heavy atom. The molecule has 0 fully saturated rings. The molecule has 0 aliphatic heterocycles. The first-order valence-electron chi connectivity index (χ1n) is 7.34. The maximum absolute atomic E-state index is 12.1. The average molecular weight is 334 g/mol. The van der Waals surface area contributed by atoms with Crippen molar-refractivity contribution in [1.82, 2.24) is 5.32 Å². The molecule has 0 aromatic heterocycles. The molecule has 5 heteroatoms. The third kappa shape index (κ3) is 5.18. The van der Waals surface area contributed by atoms with Gasteiger partial charge in [0.25, 0.3) is 0 Å². The number of halogens is 1. The summed E-state index contributed by atoms with van der Waals surface area (Å²) in [7, 11) is 3.17. The van der Waals surface area contributed by atoms with Crippen LogP contribution in [0, 0.1) is 0 Å². The summed E-state index contributed by atoms with van der Waals surface area (Å²) >= 11 is 5.94. The summed E-state index contributed by atoms with van der Waals surface area (Å²) in [6.45, 7) is 0.567. The number of ether oxygens (including phenoxy) is 2. The van der Waals surface area contributed by atoms with Crippen LogP contribution in [0.15, 0.2) is 42.5 Å². The molecule has 0 spiro atoms. The van der Waals surface area contributed by atoms with Crippen LogP contribution in [-0.2, 0) is 17.6 Å². The van der Waals surface area contributed by atoms with E-state index in [0.717, 1.165) is 17.5 Å². The number of nitrogens with one attached hydrogen (secondary N) is 1. The predicted octanol–water partition coefficient (Wildman–Crippen LogP) is 3.26. The lowest BCUT2D eigenvalue weighted by atomic mass is 10.1. The standard InChI is InChI=1S/C18H20ClNO3/c1-22-16-7-6-14(17(12-16)23-2)11-18(21)20-9-8-13-4-3-5-15(19)10-13/h3-7,10,12H,8-9,11H2,1-2H3,(H,20,21). The molecule has 122 valence electrons. The molecule has 0 aliphatic carbocycles. The fourth-order valence-electron chi connectivity index (χ4n) is 2.27. The van der Waals surface area contributed by atoms with Gasteiger partial charge in [0.1, 0.15) is 11.5 Å². The molecule has 1 amide bonds. The number of methoxy groups -OCH3 is 2. The van der Waals surface area contributed by atoms with Gasteiger partial charge in [0.2, 0.25) is 5.91 Å². The molecule has 0 radical (unpaired) electrons. The molecule has 0 aliphatic rings. The van der Waals surface area contributed by atoms with Gasteiger partial charge in [-0.3, -0.25) is 4.79 Å². The van der Waals surface area contributed by atoms with Gasteiger partial charge in [-0.05, 0) is 30.2 Å². The summed E-state index contributed by atoms with van der Waals surface area (Å²) < 4.78 is 10.4. The van der Waals surface area contributed by atoms with Crippen molar-refractivity contribution in [1.29, 1.82) is 0 Å². The molecule has 0 saturated heterocycles. The average Bonchev–Trinajstić information content (AvgIpc) is 2.55. The van der Waals surface area contributed by atoms with Gasteiger partial charge in [0.15, 0.2) is 0 Å². The molecule has 0 saturated carbocycles. The lowest BCUT2D eigenvalue weighted by molar-refractivity contribution is -0.120. The molecule has 0 unspecified atom stereocenters. The van der Waals surface area contributed by atoms with Crippen LogP contribution in [0.5, 0.6) is 11.5 Å². The van der Waals surface area contributed by atoms with Crippen LogP contribution in [0.3, 0.4) is 0 Å². The van der Waals surface area contributed by atoms with Gasteiger partial charge in [0, 0.05) is 23.2 Å². The summed E-state index contributed by atoms with van der Waals surface area (Å²) in [4.78, 5) is 12.1. The summed E-state index contributed by atoms with van der Waals surface area (Å²) in [6, 6.07) is 13.1. The van der Waals surface area contributed by atoms with Gasteiger partial charge < -0.3 is 14.8 Å². The van der Waals surface area contributed by atoms with E-state index in [1.807, 2.05) is 36.4 Å². The van der Waals surface area contributed by atoms with Crippen LogP contribution in [0.1, 0.15) is 11.1 Å². The van der Waals surface area contributed by atoms with Crippen molar-refractivity contribution < 1.29 is 14.3 Å². The first-order chi connectivity index (χ1) is 11.1. The second-order valence-corrected chi connectivity index (χ2v) is 5.52. The quantitative estimate of drug-likeness (QED) is 0.846. The third-order valence-electron chi connectivity index (χ3n) is 3.47. The number of hydrogen-bond donors (Lipinski definition) is 1. The summed E-state index contributed by atoms with van der Waals surface area (Å²) in [5, 5.41) is 3.62. The molecule has 0 atom stereocenters. The first kappa shape index (κ1) is 17.2. The van der Waals surface area contributed by atoms with E-state index in [0.29, 0.717) is 23.1 Å². The van der Waals surface area contributed by atoms with Gasteiger partial charge >= 0.3 is 0 Å². The van der Waals surface area contributed by atoms with Crippen molar-refractivity contribution in [3.05, 3.63) is 58.6 Å². The Hall–Kier alpha value is -2.20. The molecular formula is C18H20ClNO3. The number of carbonyl (C=O) groups is 1. The Morgan fingerprint density at radius 3 is 2.65 bits per heavy atom. The SMILES string of the molecule is COc1ccc(CC(=O)NCCc2cccc(Cl)c2)c(OC)c1. The van der Waals surface area contributed by atoms with Gasteiger partial charge in [0.05, 0.1) is 20.6 Å². The number of carbonyl (C=O) groups excluding carboxylic acids is 1. The van der Waals surface area contributed by atoms with Crippen molar-refractivity contribution in [2.75, 3.05) is 20.8 Å². The normalized spacial score (nSPS) is 10.2. The number of benzene rings is 2. The maximum atomic E-state index is 12.1. The van der Waals surface area contributed by atoms with Crippen LogP contribution in [0.25, 0.3) is 0 Å². The highest BCUT2D eigenvalue weighted by atomic mass is 35.5. The zero-order valence-corrected chi connectivity index (χ0v) is 14.0. The number of rotatable bonds is 7. The highest BCUT2D eigenvalue weighted by Crippen LogP contribution is 2.24. The van der Waals surface area contributed by atoms with Crippen LogP contribution < -0.4 is 14.8 Å². The molecule has 4 nitrogen and oxygen atoms in total. The monoisotopic (exact) mass is 333 g/mol. The lowest BCUT2D eigenvalue weighted by Gasteiger charge is -2.11. The maximum Gasteiger partial charge on any atom is 0.224 e. The van der Waals surface area contributed by atoms with E-state index in [1.165, 1.54) is 0 Å². The zero-order chi connectivity index (χ0) is 16.7. The van der Waals surface area contributed by atoms with Crippen molar-refractivity contribution in [3.8, 4) is 11.5 Å². The Morgan fingerprint density at radius 1 is 1.13 bits per heavy atom. The van der Waals surface area contributed by atoms with Crippen molar-refractivity contribution in [3.63, 3.8) is 0 Å². The molecular weight excluding hydrogens is 314 g/mol. The van der Waals surface area contributed by atoms with Gasteiger partial charge in [-0.1, -0.05) is 29.8 Å². The van der Waals surface area contributed by atoms with E-state index in [4.69, 9.17) is 21.1 Å². The molecule has 1 N–H and O–H groups in total. The zero-order valence-electron chi connectivity index (χ0n) is 13.3.